The molecule has 3 nitrogen and oxygen atoms in total. The third-order valence-electron chi connectivity index (χ3n) is 2.72. The summed E-state index contributed by atoms with van der Waals surface area (Å²) in [5.74, 6) is 0.630. The normalized spacial score (nSPS) is 15.6. The second-order valence-electron chi connectivity index (χ2n) is 4.14. The first kappa shape index (κ1) is 11.4. The Kier molecular flexibility index (Phi) is 3.80. The highest BCUT2D eigenvalue weighted by Crippen LogP contribution is 2.11. The minimum atomic E-state index is 0.117. The van der Waals surface area contributed by atoms with Crippen LogP contribution in [0.1, 0.15) is 12.0 Å². The van der Waals surface area contributed by atoms with Crippen molar-refractivity contribution in [2.45, 2.75) is 13.0 Å². The lowest BCUT2D eigenvalue weighted by Gasteiger charge is -2.26. The summed E-state index contributed by atoms with van der Waals surface area (Å²) in [6, 6.07) is 7.54. The molecule has 1 amide bonds. The molecule has 1 aromatic carbocycles. The van der Waals surface area contributed by atoms with E-state index in [1.807, 2.05) is 24.3 Å². The first-order chi connectivity index (χ1) is 7.74. The largest absolute Gasteiger partial charge is 0.352 e. The van der Waals surface area contributed by atoms with Crippen LogP contribution in [0, 0.1) is 5.92 Å². The molecule has 0 unspecified atom stereocenters. The van der Waals surface area contributed by atoms with Gasteiger partial charge in [0.2, 0.25) is 5.91 Å². The lowest BCUT2D eigenvalue weighted by molar-refractivity contribution is -0.122. The molecular formula is C12H15ClN2O. The van der Waals surface area contributed by atoms with Crippen molar-refractivity contribution in [1.29, 1.82) is 0 Å². The Bertz CT molecular complexity index is 377. The molecule has 2 rings (SSSR count). The molecule has 0 atom stereocenters. The van der Waals surface area contributed by atoms with Gasteiger partial charge in [-0.05, 0) is 36.7 Å². The van der Waals surface area contributed by atoms with Crippen molar-refractivity contribution in [1.82, 2.24) is 10.6 Å². The van der Waals surface area contributed by atoms with Crippen molar-refractivity contribution in [3.63, 3.8) is 0 Å². The molecule has 1 aromatic rings. The Labute approximate surface area is 100 Å². The summed E-state index contributed by atoms with van der Waals surface area (Å²) in [5.41, 5.74) is 1.03. The maximum atomic E-state index is 11.5. The summed E-state index contributed by atoms with van der Waals surface area (Å²) in [5, 5.41) is 6.75. The van der Waals surface area contributed by atoms with Crippen molar-refractivity contribution in [3.8, 4) is 0 Å². The third-order valence-corrected chi connectivity index (χ3v) is 2.95. The predicted octanol–water partition coefficient (Wildman–Crippen LogP) is 1.57. The van der Waals surface area contributed by atoms with Crippen LogP contribution >= 0.6 is 11.6 Å². The summed E-state index contributed by atoms with van der Waals surface area (Å²) >= 11 is 5.86. The van der Waals surface area contributed by atoms with Crippen molar-refractivity contribution >= 4 is 17.5 Å². The van der Waals surface area contributed by atoms with Crippen LogP contribution in [0.2, 0.25) is 5.02 Å². The molecule has 86 valence electrons. The van der Waals surface area contributed by atoms with Gasteiger partial charge in [-0.15, -0.1) is 0 Å². The number of benzene rings is 1. The van der Waals surface area contributed by atoms with E-state index in [2.05, 4.69) is 10.6 Å². The highest BCUT2D eigenvalue weighted by atomic mass is 35.5. The highest BCUT2D eigenvalue weighted by molar-refractivity contribution is 6.30. The second-order valence-corrected chi connectivity index (χ2v) is 4.57. The first-order valence-corrected chi connectivity index (χ1v) is 5.83. The minimum absolute atomic E-state index is 0.117. The summed E-state index contributed by atoms with van der Waals surface area (Å²) in [6.07, 6.45) is 0.619. The van der Waals surface area contributed by atoms with Gasteiger partial charge in [-0.2, -0.15) is 0 Å². The quantitative estimate of drug-likeness (QED) is 0.836. The van der Waals surface area contributed by atoms with Crippen LogP contribution in [0.25, 0.3) is 0 Å². The van der Waals surface area contributed by atoms with Gasteiger partial charge in [0, 0.05) is 18.0 Å². The van der Waals surface area contributed by atoms with Crippen LogP contribution in [-0.2, 0) is 11.3 Å². The second kappa shape index (κ2) is 5.32. The van der Waals surface area contributed by atoms with Gasteiger partial charge in [-0.25, -0.2) is 0 Å². The smallest absolute Gasteiger partial charge is 0.220 e. The Morgan fingerprint density at radius 2 is 2.31 bits per heavy atom. The Morgan fingerprint density at radius 3 is 2.94 bits per heavy atom. The fraction of sp³-hybridized carbons (Fsp3) is 0.417. The number of hydrogen-bond donors (Lipinski definition) is 2. The molecule has 0 aliphatic carbocycles. The molecular weight excluding hydrogens is 224 g/mol. The van der Waals surface area contributed by atoms with E-state index in [1.165, 1.54) is 0 Å². The Morgan fingerprint density at radius 1 is 1.50 bits per heavy atom. The number of rotatable bonds is 4. The number of nitrogens with one attached hydrogen (secondary N) is 2. The molecule has 1 saturated heterocycles. The fourth-order valence-electron chi connectivity index (χ4n) is 1.67. The van der Waals surface area contributed by atoms with Gasteiger partial charge in [0.25, 0.3) is 0 Å². The molecule has 1 heterocycles. The standard InChI is InChI=1S/C12H15ClN2O/c13-11-3-1-2-9(4-11)8-15-12(16)5-10-6-14-7-10/h1-4,10,14H,5-8H2,(H,15,16). The summed E-state index contributed by atoms with van der Waals surface area (Å²) < 4.78 is 0. The molecule has 2 N–H and O–H groups in total. The molecule has 0 radical (unpaired) electrons. The van der Waals surface area contributed by atoms with Gasteiger partial charge in [0.15, 0.2) is 0 Å². The highest BCUT2D eigenvalue weighted by Gasteiger charge is 2.19. The summed E-state index contributed by atoms with van der Waals surface area (Å²) in [4.78, 5) is 11.5. The van der Waals surface area contributed by atoms with Gasteiger partial charge in [0.05, 0.1) is 0 Å². The molecule has 4 heteroatoms. The Balaban J connectivity index is 1.75. The number of hydrogen-bond acceptors (Lipinski definition) is 2. The molecule has 1 aliphatic heterocycles. The molecule has 1 aliphatic rings. The minimum Gasteiger partial charge on any atom is -0.352 e. The number of amides is 1. The first-order valence-electron chi connectivity index (χ1n) is 5.46. The topological polar surface area (TPSA) is 41.1 Å². The lowest BCUT2D eigenvalue weighted by atomic mass is 9.99. The molecule has 0 aromatic heterocycles. The van der Waals surface area contributed by atoms with E-state index < -0.39 is 0 Å². The van der Waals surface area contributed by atoms with E-state index in [0.717, 1.165) is 18.7 Å². The van der Waals surface area contributed by atoms with Gasteiger partial charge < -0.3 is 10.6 Å². The van der Waals surface area contributed by atoms with Gasteiger partial charge >= 0.3 is 0 Å². The molecule has 0 spiro atoms. The van der Waals surface area contributed by atoms with E-state index in [4.69, 9.17) is 11.6 Å². The molecule has 16 heavy (non-hydrogen) atoms. The molecule has 1 fully saturated rings. The van der Waals surface area contributed by atoms with Crippen molar-refractivity contribution in [3.05, 3.63) is 34.9 Å². The zero-order valence-electron chi connectivity index (χ0n) is 9.00. The van der Waals surface area contributed by atoms with E-state index >= 15 is 0 Å². The lowest BCUT2D eigenvalue weighted by Crippen LogP contribution is -2.44. The fourth-order valence-corrected chi connectivity index (χ4v) is 1.89. The van der Waals surface area contributed by atoms with Crippen LogP contribution in [0.3, 0.4) is 0 Å². The maximum Gasteiger partial charge on any atom is 0.220 e. The van der Waals surface area contributed by atoms with Crippen LogP contribution in [0.15, 0.2) is 24.3 Å². The van der Waals surface area contributed by atoms with Crippen LogP contribution in [0.4, 0.5) is 0 Å². The van der Waals surface area contributed by atoms with Gasteiger partial charge in [-0.3, -0.25) is 4.79 Å². The van der Waals surface area contributed by atoms with E-state index in [1.54, 1.807) is 0 Å². The van der Waals surface area contributed by atoms with E-state index in [9.17, 15) is 4.79 Å². The van der Waals surface area contributed by atoms with Gasteiger partial charge in [0.1, 0.15) is 0 Å². The van der Waals surface area contributed by atoms with E-state index in [0.29, 0.717) is 23.9 Å². The van der Waals surface area contributed by atoms with Gasteiger partial charge in [-0.1, -0.05) is 23.7 Å². The maximum absolute atomic E-state index is 11.5. The van der Waals surface area contributed by atoms with Crippen LogP contribution in [0.5, 0.6) is 0 Å². The van der Waals surface area contributed by atoms with Crippen molar-refractivity contribution in [2.24, 2.45) is 5.92 Å². The number of carbonyl (C=O) groups is 1. The Hall–Kier alpha value is -1.06. The number of halogens is 1. The molecule has 0 saturated carbocycles. The summed E-state index contributed by atoms with van der Waals surface area (Å²) in [6.45, 7) is 2.48. The average Bonchev–Trinajstić information content (AvgIpc) is 2.21. The van der Waals surface area contributed by atoms with Crippen molar-refractivity contribution < 1.29 is 4.79 Å². The monoisotopic (exact) mass is 238 g/mol. The zero-order valence-corrected chi connectivity index (χ0v) is 9.76. The summed E-state index contributed by atoms with van der Waals surface area (Å²) in [7, 11) is 0. The number of carbonyl (C=O) groups excluding carboxylic acids is 1. The average molecular weight is 239 g/mol. The SMILES string of the molecule is O=C(CC1CNC1)NCc1cccc(Cl)c1. The van der Waals surface area contributed by atoms with E-state index in [-0.39, 0.29) is 5.91 Å². The van der Waals surface area contributed by atoms with Crippen LogP contribution < -0.4 is 10.6 Å². The van der Waals surface area contributed by atoms with Crippen LogP contribution in [-0.4, -0.2) is 19.0 Å². The third kappa shape index (κ3) is 3.22. The zero-order chi connectivity index (χ0) is 11.4. The van der Waals surface area contributed by atoms with Crippen molar-refractivity contribution in [2.75, 3.05) is 13.1 Å². The molecule has 0 bridgehead atoms. The predicted molar refractivity (Wildman–Crippen MR) is 64.3 cm³/mol.